The SMILES string of the molecule is Cc1cccc(CN(C)C(=O)NC2CCC2)n1. The van der Waals surface area contributed by atoms with E-state index in [1.54, 1.807) is 11.9 Å². The first kappa shape index (κ1) is 11.9. The second-order valence-corrected chi connectivity index (χ2v) is 4.70. The van der Waals surface area contributed by atoms with E-state index >= 15 is 0 Å². The van der Waals surface area contributed by atoms with Crippen molar-refractivity contribution >= 4 is 6.03 Å². The maximum Gasteiger partial charge on any atom is 0.317 e. The molecule has 0 aliphatic heterocycles. The lowest BCUT2D eigenvalue weighted by atomic mass is 9.93. The number of carbonyl (C=O) groups excluding carboxylic acids is 1. The van der Waals surface area contributed by atoms with E-state index in [2.05, 4.69) is 10.3 Å². The second-order valence-electron chi connectivity index (χ2n) is 4.70. The molecule has 1 aliphatic carbocycles. The van der Waals surface area contributed by atoms with E-state index < -0.39 is 0 Å². The maximum absolute atomic E-state index is 11.8. The van der Waals surface area contributed by atoms with Crippen molar-refractivity contribution in [3.8, 4) is 0 Å². The summed E-state index contributed by atoms with van der Waals surface area (Å²) in [7, 11) is 1.80. The van der Waals surface area contributed by atoms with Gasteiger partial charge in [-0.05, 0) is 38.3 Å². The number of hydrogen-bond acceptors (Lipinski definition) is 2. The highest BCUT2D eigenvalue weighted by molar-refractivity contribution is 5.74. The summed E-state index contributed by atoms with van der Waals surface area (Å²) in [6.07, 6.45) is 3.46. The summed E-state index contributed by atoms with van der Waals surface area (Å²) < 4.78 is 0. The number of aryl methyl sites for hydroxylation is 1. The third-order valence-electron chi connectivity index (χ3n) is 3.12. The molecule has 1 fully saturated rings. The van der Waals surface area contributed by atoms with Gasteiger partial charge in [-0.25, -0.2) is 4.79 Å². The fraction of sp³-hybridized carbons (Fsp3) is 0.538. The van der Waals surface area contributed by atoms with E-state index in [4.69, 9.17) is 0 Å². The van der Waals surface area contributed by atoms with Crippen LogP contribution >= 0.6 is 0 Å². The van der Waals surface area contributed by atoms with Crippen LogP contribution in [0.2, 0.25) is 0 Å². The van der Waals surface area contributed by atoms with Crippen molar-refractivity contribution in [1.82, 2.24) is 15.2 Å². The first-order chi connectivity index (χ1) is 8.15. The first-order valence-electron chi connectivity index (χ1n) is 6.09. The highest BCUT2D eigenvalue weighted by atomic mass is 16.2. The zero-order valence-electron chi connectivity index (χ0n) is 10.4. The summed E-state index contributed by atoms with van der Waals surface area (Å²) >= 11 is 0. The van der Waals surface area contributed by atoms with Gasteiger partial charge in [0, 0.05) is 18.8 Å². The van der Waals surface area contributed by atoms with Gasteiger partial charge in [0.25, 0.3) is 0 Å². The predicted molar refractivity (Wildman–Crippen MR) is 66.6 cm³/mol. The molecular formula is C13H19N3O. The average Bonchev–Trinajstić information content (AvgIpc) is 2.23. The Morgan fingerprint density at radius 1 is 1.53 bits per heavy atom. The minimum absolute atomic E-state index is 0.00185. The van der Waals surface area contributed by atoms with Crippen LogP contribution in [0.5, 0.6) is 0 Å². The second kappa shape index (κ2) is 5.17. The third kappa shape index (κ3) is 3.19. The molecule has 4 nitrogen and oxygen atoms in total. The highest BCUT2D eigenvalue weighted by Crippen LogP contribution is 2.18. The van der Waals surface area contributed by atoms with Crippen molar-refractivity contribution in [3.05, 3.63) is 29.6 Å². The van der Waals surface area contributed by atoms with E-state index in [0.29, 0.717) is 12.6 Å². The van der Waals surface area contributed by atoms with Gasteiger partial charge >= 0.3 is 6.03 Å². The Bertz CT molecular complexity index is 401. The summed E-state index contributed by atoms with van der Waals surface area (Å²) in [5.74, 6) is 0. The fourth-order valence-electron chi connectivity index (χ4n) is 1.84. The molecule has 0 atom stereocenters. The van der Waals surface area contributed by atoms with Gasteiger partial charge in [0.15, 0.2) is 0 Å². The monoisotopic (exact) mass is 233 g/mol. The largest absolute Gasteiger partial charge is 0.335 e. The summed E-state index contributed by atoms with van der Waals surface area (Å²) in [5.41, 5.74) is 1.91. The number of nitrogens with one attached hydrogen (secondary N) is 1. The number of rotatable bonds is 3. The predicted octanol–water partition coefficient (Wildman–Crippen LogP) is 2.08. The van der Waals surface area contributed by atoms with Gasteiger partial charge in [-0.2, -0.15) is 0 Å². The van der Waals surface area contributed by atoms with E-state index in [0.717, 1.165) is 24.2 Å². The topological polar surface area (TPSA) is 45.2 Å². The van der Waals surface area contributed by atoms with Crippen LogP contribution in [0.4, 0.5) is 4.79 Å². The molecule has 0 unspecified atom stereocenters. The van der Waals surface area contributed by atoms with Gasteiger partial charge in [-0.1, -0.05) is 6.07 Å². The Labute approximate surface area is 102 Å². The lowest BCUT2D eigenvalue weighted by molar-refractivity contribution is 0.194. The van der Waals surface area contributed by atoms with Crippen molar-refractivity contribution in [2.24, 2.45) is 0 Å². The molecule has 2 amide bonds. The smallest absolute Gasteiger partial charge is 0.317 e. The molecule has 1 saturated carbocycles. The number of carbonyl (C=O) groups is 1. The Balaban J connectivity index is 1.87. The van der Waals surface area contributed by atoms with Gasteiger partial charge in [-0.3, -0.25) is 4.98 Å². The van der Waals surface area contributed by atoms with Gasteiger partial charge in [0.05, 0.1) is 12.2 Å². The zero-order chi connectivity index (χ0) is 12.3. The summed E-state index contributed by atoms with van der Waals surface area (Å²) in [4.78, 5) is 17.9. The molecule has 1 N–H and O–H groups in total. The van der Waals surface area contributed by atoms with E-state index in [-0.39, 0.29) is 6.03 Å². The minimum Gasteiger partial charge on any atom is -0.335 e. The van der Waals surface area contributed by atoms with E-state index in [9.17, 15) is 4.79 Å². The van der Waals surface area contributed by atoms with Crippen LogP contribution in [0.1, 0.15) is 30.7 Å². The number of aromatic nitrogens is 1. The van der Waals surface area contributed by atoms with E-state index in [1.165, 1.54) is 6.42 Å². The lowest BCUT2D eigenvalue weighted by Gasteiger charge is -2.29. The van der Waals surface area contributed by atoms with Gasteiger partial charge in [0.1, 0.15) is 0 Å². The van der Waals surface area contributed by atoms with Crippen LogP contribution in [0.15, 0.2) is 18.2 Å². The Hall–Kier alpha value is -1.58. The average molecular weight is 233 g/mol. The van der Waals surface area contributed by atoms with Crippen LogP contribution in [-0.4, -0.2) is 29.0 Å². The zero-order valence-corrected chi connectivity index (χ0v) is 10.4. The van der Waals surface area contributed by atoms with Gasteiger partial charge in [0.2, 0.25) is 0 Å². The van der Waals surface area contributed by atoms with Crippen molar-refractivity contribution in [3.63, 3.8) is 0 Å². The minimum atomic E-state index is -0.00185. The summed E-state index contributed by atoms with van der Waals surface area (Å²) in [6, 6.07) is 6.25. The molecule has 1 aromatic heterocycles. The number of pyridine rings is 1. The van der Waals surface area contributed by atoms with Crippen LogP contribution in [0.3, 0.4) is 0 Å². The Morgan fingerprint density at radius 3 is 2.88 bits per heavy atom. The van der Waals surface area contributed by atoms with Crippen LogP contribution in [0, 0.1) is 6.92 Å². The molecule has 1 heterocycles. The Morgan fingerprint density at radius 2 is 2.29 bits per heavy atom. The molecule has 0 aromatic carbocycles. The molecule has 92 valence electrons. The molecule has 1 aromatic rings. The molecule has 4 heteroatoms. The van der Waals surface area contributed by atoms with Gasteiger partial charge in [-0.15, -0.1) is 0 Å². The molecule has 1 aliphatic rings. The van der Waals surface area contributed by atoms with Crippen molar-refractivity contribution in [2.45, 2.75) is 38.8 Å². The fourth-order valence-corrected chi connectivity index (χ4v) is 1.84. The Kier molecular flexibility index (Phi) is 3.61. The molecular weight excluding hydrogens is 214 g/mol. The number of amides is 2. The molecule has 0 bridgehead atoms. The quantitative estimate of drug-likeness (QED) is 0.868. The first-order valence-corrected chi connectivity index (χ1v) is 6.09. The molecule has 0 radical (unpaired) electrons. The van der Waals surface area contributed by atoms with Crippen molar-refractivity contribution in [2.75, 3.05) is 7.05 Å². The molecule has 0 spiro atoms. The highest BCUT2D eigenvalue weighted by Gasteiger charge is 2.21. The number of hydrogen-bond donors (Lipinski definition) is 1. The number of nitrogens with zero attached hydrogens (tertiary/aromatic N) is 2. The number of urea groups is 1. The van der Waals surface area contributed by atoms with E-state index in [1.807, 2.05) is 25.1 Å². The summed E-state index contributed by atoms with van der Waals surface area (Å²) in [5, 5.41) is 3.01. The van der Waals surface area contributed by atoms with Crippen molar-refractivity contribution in [1.29, 1.82) is 0 Å². The maximum atomic E-state index is 11.8. The molecule has 0 saturated heterocycles. The van der Waals surface area contributed by atoms with Gasteiger partial charge < -0.3 is 10.2 Å². The molecule has 17 heavy (non-hydrogen) atoms. The third-order valence-corrected chi connectivity index (χ3v) is 3.12. The van der Waals surface area contributed by atoms with Crippen LogP contribution in [-0.2, 0) is 6.54 Å². The normalized spacial score (nSPS) is 15.2. The lowest BCUT2D eigenvalue weighted by Crippen LogP contribution is -2.45. The van der Waals surface area contributed by atoms with Crippen molar-refractivity contribution < 1.29 is 4.79 Å². The molecule has 2 rings (SSSR count). The van der Waals surface area contributed by atoms with Crippen LogP contribution in [0.25, 0.3) is 0 Å². The van der Waals surface area contributed by atoms with Crippen LogP contribution < -0.4 is 5.32 Å². The standard InChI is InChI=1S/C13H19N3O/c1-10-5-3-8-12(14-10)9-16(2)13(17)15-11-6-4-7-11/h3,5,8,11H,4,6-7,9H2,1-2H3,(H,15,17). The summed E-state index contributed by atoms with van der Waals surface area (Å²) in [6.45, 7) is 2.51.